The standard InChI is InChI=1S/C20H25N5/c1-13(2)18(24(4)5)12-22-19-10-14(3)15(11-21)20-23-16-8-6-7-9-17(16)25(19)20/h6-10,13,18,22H,12H2,1-5H3/t18-/m0/s1. The smallest absolute Gasteiger partial charge is 0.157 e. The molecule has 0 aliphatic heterocycles. The first-order valence-electron chi connectivity index (χ1n) is 8.65. The van der Waals surface area contributed by atoms with Gasteiger partial charge in [-0.25, -0.2) is 4.98 Å². The Morgan fingerprint density at radius 2 is 2.00 bits per heavy atom. The van der Waals surface area contributed by atoms with Crippen LogP contribution >= 0.6 is 0 Å². The van der Waals surface area contributed by atoms with E-state index < -0.39 is 0 Å². The highest BCUT2D eigenvalue weighted by Gasteiger charge is 2.18. The minimum absolute atomic E-state index is 0.417. The van der Waals surface area contributed by atoms with Crippen LogP contribution in [0.15, 0.2) is 30.3 Å². The van der Waals surface area contributed by atoms with Crippen molar-refractivity contribution in [3.8, 4) is 6.07 Å². The molecule has 0 aliphatic rings. The third kappa shape index (κ3) is 3.06. The van der Waals surface area contributed by atoms with Gasteiger partial charge in [-0.05, 0) is 50.7 Å². The zero-order chi connectivity index (χ0) is 18.1. The molecule has 5 heteroatoms. The monoisotopic (exact) mass is 335 g/mol. The van der Waals surface area contributed by atoms with E-state index in [2.05, 4.69) is 48.6 Å². The molecule has 25 heavy (non-hydrogen) atoms. The number of anilines is 1. The minimum Gasteiger partial charge on any atom is -0.370 e. The van der Waals surface area contributed by atoms with E-state index in [9.17, 15) is 5.26 Å². The van der Waals surface area contributed by atoms with E-state index in [0.29, 0.717) is 17.5 Å². The number of fused-ring (bicyclic) bond motifs is 3. The van der Waals surface area contributed by atoms with Crippen LogP contribution in [0.25, 0.3) is 16.7 Å². The average molecular weight is 335 g/mol. The number of aryl methyl sites for hydroxylation is 1. The molecule has 0 amide bonds. The summed E-state index contributed by atoms with van der Waals surface area (Å²) in [6.45, 7) is 7.27. The molecule has 1 atom stereocenters. The number of aromatic nitrogens is 2. The second-order valence-electron chi connectivity index (χ2n) is 7.11. The number of hydrogen-bond donors (Lipinski definition) is 1. The molecule has 1 aromatic carbocycles. The summed E-state index contributed by atoms with van der Waals surface area (Å²) in [7, 11) is 4.22. The number of pyridine rings is 1. The molecule has 3 aromatic rings. The summed E-state index contributed by atoms with van der Waals surface area (Å²) in [4.78, 5) is 6.94. The first kappa shape index (κ1) is 17.2. The number of benzene rings is 1. The van der Waals surface area contributed by atoms with Gasteiger partial charge in [0.25, 0.3) is 0 Å². The third-order valence-electron chi connectivity index (χ3n) is 4.81. The Kier molecular flexibility index (Phi) is 4.65. The predicted octanol–water partition coefficient (Wildman–Crippen LogP) is 3.67. The molecule has 0 saturated heterocycles. The van der Waals surface area contributed by atoms with Crippen molar-refractivity contribution < 1.29 is 0 Å². The summed E-state index contributed by atoms with van der Waals surface area (Å²) >= 11 is 0. The van der Waals surface area contributed by atoms with Gasteiger partial charge in [-0.3, -0.25) is 4.40 Å². The number of nitrogens with zero attached hydrogens (tertiary/aromatic N) is 4. The van der Waals surface area contributed by atoms with E-state index in [-0.39, 0.29) is 0 Å². The normalized spacial score (nSPS) is 12.9. The number of likely N-dealkylation sites (N-methyl/N-ethyl adjacent to an activating group) is 1. The number of nitrogens with one attached hydrogen (secondary N) is 1. The molecular weight excluding hydrogens is 310 g/mol. The van der Waals surface area contributed by atoms with Crippen LogP contribution < -0.4 is 5.32 Å². The molecule has 2 aromatic heterocycles. The van der Waals surface area contributed by atoms with Crippen LogP contribution in [0, 0.1) is 24.2 Å². The van der Waals surface area contributed by atoms with Crippen molar-refractivity contribution in [1.29, 1.82) is 5.26 Å². The van der Waals surface area contributed by atoms with Crippen molar-refractivity contribution in [2.45, 2.75) is 26.8 Å². The molecule has 0 bridgehead atoms. The number of rotatable bonds is 5. The summed E-state index contributed by atoms with van der Waals surface area (Å²) < 4.78 is 2.06. The van der Waals surface area contributed by atoms with E-state index in [1.54, 1.807) is 0 Å². The number of nitriles is 1. The Morgan fingerprint density at radius 1 is 1.28 bits per heavy atom. The average Bonchev–Trinajstić information content (AvgIpc) is 2.93. The van der Waals surface area contributed by atoms with Gasteiger partial charge in [-0.1, -0.05) is 26.0 Å². The molecule has 2 heterocycles. The van der Waals surface area contributed by atoms with Crippen LogP contribution in [0.5, 0.6) is 0 Å². The maximum atomic E-state index is 9.57. The fourth-order valence-electron chi connectivity index (χ4n) is 3.45. The van der Waals surface area contributed by atoms with Crippen LogP contribution in [0.4, 0.5) is 5.82 Å². The van der Waals surface area contributed by atoms with Crippen molar-refractivity contribution in [3.05, 3.63) is 41.5 Å². The van der Waals surface area contributed by atoms with Gasteiger partial charge in [0.2, 0.25) is 0 Å². The van der Waals surface area contributed by atoms with Gasteiger partial charge in [-0.15, -0.1) is 0 Å². The van der Waals surface area contributed by atoms with Gasteiger partial charge < -0.3 is 10.2 Å². The second kappa shape index (κ2) is 6.73. The van der Waals surface area contributed by atoms with Gasteiger partial charge in [-0.2, -0.15) is 5.26 Å². The Bertz CT molecular complexity index is 938. The van der Waals surface area contributed by atoms with Gasteiger partial charge in [0, 0.05) is 12.6 Å². The van der Waals surface area contributed by atoms with Crippen molar-refractivity contribution in [2.24, 2.45) is 5.92 Å². The summed E-state index contributed by atoms with van der Waals surface area (Å²) in [6.07, 6.45) is 0. The quantitative estimate of drug-likeness (QED) is 0.773. The molecule has 0 aliphatic carbocycles. The lowest BCUT2D eigenvalue weighted by Gasteiger charge is -2.28. The highest BCUT2D eigenvalue weighted by molar-refractivity contribution is 5.85. The minimum atomic E-state index is 0.417. The van der Waals surface area contributed by atoms with E-state index in [0.717, 1.165) is 34.6 Å². The molecule has 130 valence electrons. The highest BCUT2D eigenvalue weighted by atomic mass is 15.2. The Balaban J connectivity index is 2.13. The van der Waals surface area contributed by atoms with Crippen LogP contribution in [-0.4, -0.2) is 41.0 Å². The lowest BCUT2D eigenvalue weighted by Crippen LogP contribution is -2.38. The zero-order valence-corrected chi connectivity index (χ0v) is 15.5. The van der Waals surface area contributed by atoms with Crippen LogP contribution in [0.1, 0.15) is 25.0 Å². The number of hydrogen-bond acceptors (Lipinski definition) is 4. The Morgan fingerprint density at radius 3 is 2.64 bits per heavy atom. The van der Waals surface area contributed by atoms with E-state index in [1.165, 1.54) is 0 Å². The van der Waals surface area contributed by atoms with Crippen LogP contribution in [0.3, 0.4) is 0 Å². The molecule has 3 rings (SSSR count). The molecule has 1 N–H and O–H groups in total. The largest absolute Gasteiger partial charge is 0.370 e. The van der Waals surface area contributed by atoms with E-state index in [4.69, 9.17) is 4.98 Å². The van der Waals surface area contributed by atoms with Crippen molar-refractivity contribution >= 4 is 22.5 Å². The lowest BCUT2D eigenvalue weighted by atomic mass is 10.0. The molecule has 0 radical (unpaired) electrons. The van der Waals surface area contributed by atoms with Crippen LogP contribution in [-0.2, 0) is 0 Å². The fourth-order valence-corrected chi connectivity index (χ4v) is 3.45. The maximum absolute atomic E-state index is 9.57. The van der Waals surface area contributed by atoms with Crippen molar-refractivity contribution in [2.75, 3.05) is 26.0 Å². The van der Waals surface area contributed by atoms with E-state index >= 15 is 0 Å². The summed E-state index contributed by atoms with van der Waals surface area (Å²) in [5.41, 5.74) is 4.22. The van der Waals surface area contributed by atoms with Gasteiger partial charge in [0.1, 0.15) is 11.9 Å². The molecule has 0 spiro atoms. The van der Waals surface area contributed by atoms with Gasteiger partial charge >= 0.3 is 0 Å². The first-order chi connectivity index (χ1) is 11.9. The maximum Gasteiger partial charge on any atom is 0.157 e. The van der Waals surface area contributed by atoms with Gasteiger partial charge in [0.15, 0.2) is 5.65 Å². The first-order valence-corrected chi connectivity index (χ1v) is 8.65. The SMILES string of the molecule is Cc1cc(NC[C@@H](C(C)C)N(C)C)n2c(nc3ccccc32)c1C#N. The predicted molar refractivity (Wildman–Crippen MR) is 103 cm³/mol. The Hall–Kier alpha value is -2.58. The number of imidazole rings is 1. The topological polar surface area (TPSA) is 56.4 Å². The van der Waals surface area contributed by atoms with Crippen molar-refractivity contribution in [1.82, 2.24) is 14.3 Å². The fraction of sp³-hybridized carbons (Fsp3) is 0.400. The lowest BCUT2D eigenvalue weighted by molar-refractivity contribution is 0.243. The zero-order valence-electron chi connectivity index (χ0n) is 15.5. The summed E-state index contributed by atoms with van der Waals surface area (Å²) in [6, 6.07) is 12.8. The molecule has 5 nitrogen and oxygen atoms in total. The van der Waals surface area contributed by atoms with Gasteiger partial charge in [0.05, 0.1) is 16.6 Å². The molecule has 0 unspecified atom stereocenters. The second-order valence-corrected chi connectivity index (χ2v) is 7.11. The molecular formula is C20H25N5. The van der Waals surface area contributed by atoms with Crippen molar-refractivity contribution in [3.63, 3.8) is 0 Å². The summed E-state index contributed by atoms with van der Waals surface area (Å²) in [5.74, 6) is 1.52. The summed E-state index contributed by atoms with van der Waals surface area (Å²) in [5, 5.41) is 13.2. The van der Waals surface area contributed by atoms with E-state index in [1.807, 2.05) is 37.3 Å². The molecule has 0 fully saturated rings. The number of para-hydroxylation sites is 2. The van der Waals surface area contributed by atoms with Crippen LogP contribution in [0.2, 0.25) is 0 Å². The highest BCUT2D eigenvalue weighted by Crippen LogP contribution is 2.26. The Labute approximate surface area is 148 Å². The molecule has 0 saturated carbocycles. The third-order valence-corrected chi connectivity index (χ3v) is 4.81.